The summed E-state index contributed by atoms with van der Waals surface area (Å²) in [5.74, 6) is -0.0825. The maximum atomic E-state index is 12.5. The van der Waals surface area contributed by atoms with Gasteiger partial charge in [0.2, 0.25) is 5.91 Å². The van der Waals surface area contributed by atoms with Gasteiger partial charge < -0.3 is 20.3 Å². The largest absolute Gasteiger partial charge is 0.466 e. The molecule has 0 fully saturated rings. The van der Waals surface area contributed by atoms with E-state index in [0.717, 1.165) is 57.8 Å². The number of carbonyl (C=O) groups excluding carboxylic acids is 2. The third-order valence-corrected chi connectivity index (χ3v) is 14.0. The number of ether oxygens (including phenoxy) is 1. The fourth-order valence-corrected chi connectivity index (χ4v) is 9.31. The number of allylic oxidation sites excluding steroid dienone is 7. The second kappa shape index (κ2) is 59.4. The SMILES string of the molecule is CCC/C=C\C/C=C\CCCCCCCC(=O)OCCCCCCCCCCCC/C=C\CCCCCCCCCC(=O)NC(CO)C(O)/C=C/CCCCCCCCCCCCCCCCCCC. The van der Waals surface area contributed by atoms with E-state index < -0.39 is 12.1 Å². The van der Waals surface area contributed by atoms with Crippen molar-refractivity contribution in [3.05, 3.63) is 48.6 Å². The first-order valence-corrected chi connectivity index (χ1v) is 30.9. The van der Waals surface area contributed by atoms with Crippen molar-refractivity contribution in [3.63, 3.8) is 0 Å². The second-order valence-electron chi connectivity index (χ2n) is 21.0. The monoisotopic (exact) mass is 982 g/mol. The van der Waals surface area contributed by atoms with Crippen LogP contribution in [0.1, 0.15) is 322 Å². The second-order valence-corrected chi connectivity index (χ2v) is 21.0. The van der Waals surface area contributed by atoms with Gasteiger partial charge in [0.25, 0.3) is 0 Å². The lowest BCUT2D eigenvalue weighted by Gasteiger charge is -2.20. The average Bonchev–Trinajstić information content (AvgIpc) is 3.36. The van der Waals surface area contributed by atoms with E-state index in [9.17, 15) is 19.8 Å². The number of unbranched alkanes of at least 4 members (excludes halogenated alkanes) is 40. The molecule has 0 bridgehead atoms. The number of nitrogens with one attached hydrogen (secondary N) is 1. The Morgan fingerprint density at radius 1 is 0.400 bits per heavy atom. The zero-order chi connectivity index (χ0) is 50.7. The Balaban J connectivity index is 3.47. The van der Waals surface area contributed by atoms with Gasteiger partial charge in [0.05, 0.1) is 25.4 Å². The molecule has 0 spiro atoms. The van der Waals surface area contributed by atoms with Crippen LogP contribution in [0.25, 0.3) is 0 Å². The Labute approximate surface area is 436 Å². The summed E-state index contributed by atoms with van der Waals surface area (Å²) >= 11 is 0. The fraction of sp³-hybridized carbons (Fsp3) is 0.844. The minimum absolute atomic E-state index is 0.00805. The minimum Gasteiger partial charge on any atom is -0.466 e. The van der Waals surface area contributed by atoms with Crippen molar-refractivity contribution in [2.75, 3.05) is 13.2 Å². The Bertz CT molecular complexity index is 1180. The van der Waals surface area contributed by atoms with Crippen molar-refractivity contribution < 1.29 is 24.5 Å². The van der Waals surface area contributed by atoms with Gasteiger partial charge in [-0.3, -0.25) is 9.59 Å². The third kappa shape index (κ3) is 55.1. The molecule has 3 N–H and O–H groups in total. The van der Waals surface area contributed by atoms with Crippen LogP contribution in [0.3, 0.4) is 0 Å². The molecule has 6 nitrogen and oxygen atoms in total. The molecule has 0 saturated carbocycles. The quantitative estimate of drug-likeness (QED) is 0.0321. The Kier molecular flexibility index (Phi) is 57.5. The van der Waals surface area contributed by atoms with Crippen LogP contribution in [0, 0.1) is 0 Å². The van der Waals surface area contributed by atoms with E-state index in [1.807, 2.05) is 6.08 Å². The summed E-state index contributed by atoms with van der Waals surface area (Å²) in [6.45, 7) is 4.84. The van der Waals surface area contributed by atoms with E-state index in [-0.39, 0.29) is 18.5 Å². The summed E-state index contributed by atoms with van der Waals surface area (Å²) < 4.78 is 5.46. The lowest BCUT2D eigenvalue weighted by Crippen LogP contribution is -2.45. The molecule has 0 saturated heterocycles. The van der Waals surface area contributed by atoms with E-state index in [1.165, 1.54) is 238 Å². The molecule has 0 radical (unpaired) electrons. The fourth-order valence-electron chi connectivity index (χ4n) is 9.31. The highest BCUT2D eigenvalue weighted by Crippen LogP contribution is 2.17. The lowest BCUT2D eigenvalue weighted by atomic mass is 10.0. The number of esters is 1. The molecule has 0 aliphatic carbocycles. The zero-order valence-electron chi connectivity index (χ0n) is 46.7. The predicted octanol–water partition coefficient (Wildman–Crippen LogP) is 19.4. The normalized spacial score (nSPS) is 12.9. The van der Waals surface area contributed by atoms with Gasteiger partial charge in [-0.1, -0.05) is 274 Å². The molecule has 6 heteroatoms. The van der Waals surface area contributed by atoms with Gasteiger partial charge in [0, 0.05) is 12.8 Å². The number of hydrogen-bond acceptors (Lipinski definition) is 5. The van der Waals surface area contributed by atoms with Gasteiger partial charge in [-0.25, -0.2) is 0 Å². The van der Waals surface area contributed by atoms with Gasteiger partial charge in [0.15, 0.2) is 0 Å². The standard InChI is InChI=1S/C64H119NO5/c1-3-5-7-9-11-13-15-17-18-19-23-26-29-33-36-40-44-48-52-56-62(67)61(60-66)65-63(68)57-53-49-45-41-37-34-30-27-24-21-20-22-25-28-31-35-39-43-47-51-55-59-70-64(69)58-54-50-46-42-38-32-16-14-12-10-8-6-4-2/h8,10,14,16,21,24,52,56,61-62,66-67H,3-7,9,11-13,15,17-20,22-23,25-51,53-55,57-60H2,1-2H3,(H,65,68)/b10-8-,16-14-,24-21-,56-52+. The third-order valence-electron chi connectivity index (χ3n) is 14.0. The first-order chi connectivity index (χ1) is 34.5. The number of hydrogen-bond donors (Lipinski definition) is 3. The highest BCUT2D eigenvalue weighted by molar-refractivity contribution is 5.76. The van der Waals surface area contributed by atoms with Crippen molar-refractivity contribution in [1.82, 2.24) is 5.32 Å². The maximum Gasteiger partial charge on any atom is 0.305 e. The molecule has 0 aliphatic rings. The maximum absolute atomic E-state index is 12.5. The van der Waals surface area contributed by atoms with E-state index in [1.54, 1.807) is 6.08 Å². The summed E-state index contributed by atoms with van der Waals surface area (Å²) in [6.07, 6.45) is 75.7. The molecule has 70 heavy (non-hydrogen) atoms. The van der Waals surface area contributed by atoms with Crippen molar-refractivity contribution in [2.24, 2.45) is 0 Å². The minimum atomic E-state index is -0.851. The van der Waals surface area contributed by atoms with Crippen LogP contribution < -0.4 is 5.32 Å². The van der Waals surface area contributed by atoms with Gasteiger partial charge >= 0.3 is 5.97 Å². The van der Waals surface area contributed by atoms with Crippen LogP contribution in [-0.2, 0) is 14.3 Å². The molecule has 0 heterocycles. The van der Waals surface area contributed by atoms with Crippen molar-refractivity contribution >= 4 is 11.9 Å². The molecule has 0 aromatic carbocycles. The molecule has 0 aliphatic heterocycles. The topological polar surface area (TPSA) is 95.9 Å². The number of rotatable bonds is 57. The molecule has 0 aromatic rings. The Morgan fingerprint density at radius 2 is 0.743 bits per heavy atom. The van der Waals surface area contributed by atoms with E-state index in [2.05, 4.69) is 55.6 Å². The molecule has 0 rings (SSSR count). The van der Waals surface area contributed by atoms with Crippen LogP contribution in [-0.4, -0.2) is 47.4 Å². The number of carbonyl (C=O) groups is 2. The first kappa shape index (κ1) is 67.8. The average molecular weight is 983 g/mol. The molecule has 410 valence electrons. The summed E-state index contributed by atoms with van der Waals surface area (Å²) in [5.41, 5.74) is 0. The molecular weight excluding hydrogens is 863 g/mol. The Hall–Kier alpha value is -2.18. The highest BCUT2D eigenvalue weighted by Gasteiger charge is 2.18. The molecule has 1 amide bonds. The van der Waals surface area contributed by atoms with Crippen LogP contribution >= 0.6 is 0 Å². The van der Waals surface area contributed by atoms with Crippen LogP contribution in [0.2, 0.25) is 0 Å². The lowest BCUT2D eigenvalue weighted by molar-refractivity contribution is -0.143. The Morgan fingerprint density at radius 3 is 1.16 bits per heavy atom. The number of amides is 1. The first-order valence-electron chi connectivity index (χ1n) is 30.9. The predicted molar refractivity (Wildman–Crippen MR) is 306 cm³/mol. The van der Waals surface area contributed by atoms with Crippen LogP contribution in [0.15, 0.2) is 48.6 Å². The number of aliphatic hydroxyl groups is 2. The summed E-state index contributed by atoms with van der Waals surface area (Å²) in [6, 6.07) is -0.635. The van der Waals surface area contributed by atoms with Crippen LogP contribution in [0.4, 0.5) is 0 Å². The van der Waals surface area contributed by atoms with Crippen LogP contribution in [0.5, 0.6) is 0 Å². The summed E-state index contributed by atoms with van der Waals surface area (Å²) in [5, 5.41) is 23.2. The van der Waals surface area contributed by atoms with Gasteiger partial charge in [0.1, 0.15) is 0 Å². The van der Waals surface area contributed by atoms with E-state index >= 15 is 0 Å². The summed E-state index contributed by atoms with van der Waals surface area (Å²) in [4.78, 5) is 24.5. The zero-order valence-corrected chi connectivity index (χ0v) is 46.7. The molecular formula is C64H119NO5. The van der Waals surface area contributed by atoms with Gasteiger partial charge in [-0.2, -0.15) is 0 Å². The van der Waals surface area contributed by atoms with Gasteiger partial charge in [-0.15, -0.1) is 0 Å². The van der Waals surface area contributed by atoms with Crippen molar-refractivity contribution in [2.45, 2.75) is 334 Å². The van der Waals surface area contributed by atoms with Crippen molar-refractivity contribution in [1.29, 1.82) is 0 Å². The highest BCUT2D eigenvalue weighted by atomic mass is 16.5. The van der Waals surface area contributed by atoms with E-state index in [4.69, 9.17) is 4.74 Å². The smallest absolute Gasteiger partial charge is 0.305 e. The molecule has 2 unspecified atom stereocenters. The summed E-state index contributed by atoms with van der Waals surface area (Å²) in [7, 11) is 0. The van der Waals surface area contributed by atoms with Gasteiger partial charge in [-0.05, 0) is 83.5 Å². The molecule has 2 atom stereocenters. The van der Waals surface area contributed by atoms with E-state index in [0.29, 0.717) is 19.4 Å². The molecule has 0 aromatic heterocycles. The van der Waals surface area contributed by atoms with Crippen molar-refractivity contribution in [3.8, 4) is 0 Å². The number of aliphatic hydroxyl groups excluding tert-OH is 2.